The number of rotatable bonds is 2. The largest absolute Gasteiger partial charge is 0.370 e. The van der Waals surface area contributed by atoms with Gasteiger partial charge < -0.3 is 4.74 Å². The van der Waals surface area contributed by atoms with Crippen molar-refractivity contribution in [2.45, 2.75) is 45.3 Å². The van der Waals surface area contributed by atoms with Crippen LogP contribution in [0.2, 0.25) is 0 Å². The minimum absolute atomic E-state index is 0.255. The van der Waals surface area contributed by atoms with E-state index in [0.29, 0.717) is 12.0 Å². The molecule has 2 rings (SSSR count). The van der Waals surface area contributed by atoms with Gasteiger partial charge >= 0.3 is 0 Å². The third kappa shape index (κ3) is 2.53. The van der Waals surface area contributed by atoms with Crippen molar-refractivity contribution in [2.24, 2.45) is 0 Å². The van der Waals surface area contributed by atoms with Crippen LogP contribution in [0.25, 0.3) is 0 Å². The number of hydrogen-bond acceptors (Lipinski definition) is 1. The lowest BCUT2D eigenvalue weighted by Crippen LogP contribution is -2.28. The van der Waals surface area contributed by atoms with E-state index in [1.165, 1.54) is 11.1 Å². The molecule has 0 spiro atoms. The molecule has 1 heterocycles. The Morgan fingerprint density at radius 2 is 1.94 bits per heavy atom. The smallest absolute Gasteiger partial charge is 0.0734 e. The van der Waals surface area contributed by atoms with Crippen LogP contribution in [0, 0.1) is 0 Å². The van der Waals surface area contributed by atoms with E-state index in [1.54, 1.807) is 0 Å². The summed E-state index contributed by atoms with van der Waals surface area (Å²) in [5.74, 6) is 0.465. The first-order valence-corrected chi connectivity index (χ1v) is 6.04. The maximum atomic E-state index is 6.00. The Balaban J connectivity index is 2.12. The number of ether oxygens (including phenoxy) is 1. The first-order valence-electron chi connectivity index (χ1n) is 6.04. The second kappa shape index (κ2) is 4.84. The van der Waals surface area contributed by atoms with Crippen LogP contribution in [0.5, 0.6) is 0 Å². The molecule has 86 valence electrons. The molecular formula is C15H20O. The van der Waals surface area contributed by atoms with Gasteiger partial charge in [0.1, 0.15) is 0 Å². The van der Waals surface area contributed by atoms with Gasteiger partial charge in [0, 0.05) is 5.92 Å². The molecule has 0 saturated carbocycles. The highest BCUT2D eigenvalue weighted by Crippen LogP contribution is 2.30. The van der Waals surface area contributed by atoms with Crippen LogP contribution in [0.1, 0.15) is 38.7 Å². The molecule has 1 aromatic rings. The summed E-state index contributed by atoms with van der Waals surface area (Å²) in [4.78, 5) is 0. The highest BCUT2D eigenvalue weighted by atomic mass is 16.5. The zero-order chi connectivity index (χ0) is 11.5. The SMILES string of the molecule is CC1=C[C@H](C)O[C@@H](C(C)c2ccccc2)C1. The summed E-state index contributed by atoms with van der Waals surface area (Å²) in [5.41, 5.74) is 2.82. The summed E-state index contributed by atoms with van der Waals surface area (Å²) < 4.78 is 6.00. The van der Waals surface area contributed by atoms with E-state index in [-0.39, 0.29) is 6.10 Å². The molecule has 1 aliphatic rings. The monoisotopic (exact) mass is 216 g/mol. The zero-order valence-electron chi connectivity index (χ0n) is 10.3. The van der Waals surface area contributed by atoms with Gasteiger partial charge in [-0.15, -0.1) is 0 Å². The molecule has 1 nitrogen and oxygen atoms in total. The lowest BCUT2D eigenvalue weighted by Gasteiger charge is -2.31. The van der Waals surface area contributed by atoms with E-state index in [9.17, 15) is 0 Å². The Hall–Kier alpha value is -1.08. The second-order valence-electron chi connectivity index (χ2n) is 4.80. The third-order valence-corrected chi connectivity index (χ3v) is 3.31. The standard InChI is InChI=1S/C15H20O/c1-11-9-12(2)16-15(10-11)13(3)14-7-5-4-6-8-14/h4-9,12-13,15H,10H2,1-3H3/t12-,13?,15+/m0/s1. The Morgan fingerprint density at radius 1 is 1.25 bits per heavy atom. The second-order valence-corrected chi connectivity index (χ2v) is 4.80. The molecule has 0 saturated heterocycles. The highest BCUT2D eigenvalue weighted by molar-refractivity contribution is 5.21. The summed E-state index contributed by atoms with van der Waals surface area (Å²) >= 11 is 0. The summed E-state index contributed by atoms with van der Waals surface area (Å²) in [6.07, 6.45) is 3.85. The molecule has 0 amide bonds. The number of benzene rings is 1. The van der Waals surface area contributed by atoms with Gasteiger partial charge in [-0.3, -0.25) is 0 Å². The first-order chi connectivity index (χ1) is 7.66. The Morgan fingerprint density at radius 3 is 2.56 bits per heavy atom. The van der Waals surface area contributed by atoms with Crippen molar-refractivity contribution in [2.75, 3.05) is 0 Å². The van der Waals surface area contributed by atoms with Gasteiger partial charge in [-0.2, -0.15) is 0 Å². The van der Waals surface area contributed by atoms with Crippen molar-refractivity contribution in [3.8, 4) is 0 Å². The van der Waals surface area contributed by atoms with E-state index >= 15 is 0 Å². The molecule has 0 N–H and O–H groups in total. The van der Waals surface area contributed by atoms with Crippen molar-refractivity contribution in [3.05, 3.63) is 47.5 Å². The van der Waals surface area contributed by atoms with Crippen LogP contribution in [0.4, 0.5) is 0 Å². The Labute approximate surface area is 98.1 Å². The van der Waals surface area contributed by atoms with Crippen molar-refractivity contribution >= 4 is 0 Å². The average Bonchev–Trinajstić information content (AvgIpc) is 2.28. The summed E-state index contributed by atoms with van der Waals surface area (Å²) in [6, 6.07) is 10.6. The fourth-order valence-electron chi connectivity index (χ4n) is 2.42. The van der Waals surface area contributed by atoms with Crippen LogP contribution in [-0.4, -0.2) is 12.2 Å². The van der Waals surface area contributed by atoms with Gasteiger partial charge in [0.25, 0.3) is 0 Å². The van der Waals surface area contributed by atoms with Crippen LogP contribution >= 0.6 is 0 Å². The van der Waals surface area contributed by atoms with Crippen molar-refractivity contribution in [1.29, 1.82) is 0 Å². The molecule has 1 aromatic carbocycles. The van der Waals surface area contributed by atoms with Crippen LogP contribution < -0.4 is 0 Å². The minimum Gasteiger partial charge on any atom is -0.370 e. The fraction of sp³-hybridized carbons (Fsp3) is 0.467. The van der Waals surface area contributed by atoms with Gasteiger partial charge in [0.15, 0.2) is 0 Å². The average molecular weight is 216 g/mol. The summed E-state index contributed by atoms with van der Waals surface area (Å²) in [6.45, 7) is 6.57. The predicted octanol–water partition coefficient (Wildman–Crippen LogP) is 3.91. The molecule has 0 aliphatic carbocycles. The molecule has 1 aliphatic heterocycles. The van der Waals surface area contributed by atoms with Gasteiger partial charge in [0.2, 0.25) is 0 Å². The lowest BCUT2D eigenvalue weighted by molar-refractivity contribution is -0.000553. The Kier molecular flexibility index (Phi) is 3.45. The normalized spacial score (nSPS) is 27.3. The molecule has 1 heteroatoms. The third-order valence-electron chi connectivity index (χ3n) is 3.31. The van der Waals surface area contributed by atoms with E-state index in [2.05, 4.69) is 57.2 Å². The van der Waals surface area contributed by atoms with Crippen LogP contribution in [0.15, 0.2) is 42.0 Å². The van der Waals surface area contributed by atoms with Crippen molar-refractivity contribution in [3.63, 3.8) is 0 Å². The van der Waals surface area contributed by atoms with Crippen LogP contribution in [-0.2, 0) is 4.74 Å². The quantitative estimate of drug-likeness (QED) is 0.681. The summed E-state index contributed by atoms with van der Waals surface area (Å²) in [7, 11) is 0. The molecule has 0 aromatic heterocycles. The minimum atomic E-state index is 0.255. The lowest BCUT2D eigenvalue weighted by atomic mass is 9.89. The molecule has 16 heavy (non-hydrogen) atoms. The Bertz CT molecular complexity index is 366. The molecule has 1 unspecified atom stereocenters. The van der Waals surface area contributed by atoms with Gasteiger partial charge in [0.05, 0.1) is 12.2 Å². The van der Waals surface area contributed by atoms with E-state index in [1.807, 2.05) is 0 Å². The van der Waals surface area contributed by atoms with E-state index in [4.69, 9.17) is 4.74 Å². The highest BCUT2D eigenvalue weighted by Gasteiger charge is 2.24. The van der Waals surface area contributed by atoms with Gasteiger partial charge in [-0.05, 0) is 25.8 Å². The zero-order valence-corrected chi connectivity index (χ0v) is 10.3. The first kappa shape index (κ1) is 11.4. The predicted molar refractivity (Wildman–Crippen MR) is 67.6 cm³/mol. The van der Waals surface area contributed by atoms with Crippen molar-refractivity contribution in [1.82, 2.24) is 0 Å². The summed E-state index contributed by atoms with van der Waals surface area (Å²) in [5, 5.41) is 0. The van der Waals surface area contributed by atoms with Gasteiger partial charge in [-0.25, -0.2) is 0 Å². The molecular weight excluding hydrogens is 196 g/mol. The van der Waals surface area contributed by atoms with Crippen molar-refractivity contribution < 1.29 is 4.74 Å². The van der Waals surface area contributed by atoms with E-state index in [0.717, 1.165) is 6.42 Å². The number of hydrogen-bond donors (Lipinski definition) is 0. The maximum Gasteiger partial charge on any atom is 0.0734 e. The van der Waals surface area contributed by atoms with Crippen LogP contribution in [0.3, 0.4) is 0 Å². The molecule has 3 atom stereocenters. The molecule has 0 bridgehead atoms. The maximum absolute atomic E-state index is 6.00. The topological polar surface area (TPSA) is 9.23 Å². The molecule has 0 fully saturated rings. The fourth-order valence-corrected chi connectivity index (χ4v) is 2.42. The van der Waals surface area contributed by atoms with Gasteiger partial charge in [-0.1, -0.05) is 48.9 Å². The molecule has 0 radical (unpaired) electrons. The van der Waals surface area contributed by atoms with E-state index < -0.39 is 0 Å².